The number of nitrogens with two attached hydrogens (primary N) is 1. The van der Waals surface area contributed by atoms with Crippen molar-refractivity contribution in [3.05, 3.63) is 35.4 Å². The normalized spacial score (nSPS) is 13.3. The summed E-state index contributed by atoms with van der Waals surface area (Å²) < 4.78 is 26.1. The number of hydrogen-bond donors (Lipinski definition) is 1. The van der Waals surface area contributed by atoms with Gasteiger partial charge in [0.25, 0.3) is 0 Å². The Hall–Kier alpha value is -0.960. The van der Waals surface area contributed by atoms with E-state index in [1.807, 2.05) is 13.8 Å². The molecule has 14 heavy (non-hydrogen) atoms. The highest BCUT2D eigenvalue weighted by Gasteiger charge is 2.15. The van der Waals surface area contributed by atoms with Crippen molar-refractivity contribution in [2.75, 3.05) is 0 Å². The van der Waals surface area contributed by atoms with Crippen molar-refractivity contribution in [3.63, 3.8) is 0 Å². The van der Waals surface area contributed by atoms with E-state index in [-0.39, 0.29) is 5.56 Å². The third kappa shape index (κ3) is 2.51. The van der Waals surface area contributed by atoms with Gasteiger partial charge in [-0.05, 0) is 18.4 Å². The first-order chi connectivity index (χ1) is 6.52. The van der Waals surface area contributed by atoms with Crippen LogP contribution in [-0.4, -0.2) is 0 Å². The molecule has 0 saturated heterocycles. The molecule has 0 radical (unpaired) electrons. The summed E-state index contributed by atoms with van der Waals surface area (Å²) in [4.78, 5) is 0. The van der Waals surface area contributed by atoms with E-state index >= 15 is 0 Å². The maximum Gasteiger partial charge on any atom is 0.163 e. The Kier molecular flexibility index (Phi) is 3.58. The molecule has 1 nitrogen and oxygen atoms in total. The molecule has 0 bridgehead atoms. The zero-order chi connectivity index (χ0) is 10.7. The van der Waals surface area contributed by atoms with Crippen LogP contribution in [0.25, 0.3) is 0 Å². The fraction of sp³-hybridized carbons (Fsp3) is 0.455. The molecular weight excluding hydrogens is 184 g/mol. The van der Waals surface area contributed by atoms with Crippen LogP contribution in [0.3, 0.4) is 0 Å². The number of halogens is 2. The Labute approximate surface area is 82.9 Å². The van der Waals surface area contributed by atoms with Crippen molar-refractivity contribution in [1.82, 2.24) is 0 Å². The Morgan fingerprint density at radius 1 is 1.29 bits per heavy atom. The molecule has 1 aromatic rings. The van der Waals surface area contributed by atoms with Gasteiger partial charge in [-0.2, -0.15) is 0 Å². The Morgan fingerprint density at radius 3 is 2.50 bits per heavy atom. The van der Waals surface area contributed by atoms with E-state index < -0.39 is 17.7 Å². The van der Waals surface area contributed by atoms with Gasteiger partial charge in [0.05, 0.1) is 0 Å². The van der Waals surface area contributed by atoms with Crippen LogP contribution in [0, 0.1) is 17.6 Å². The van der Waals surface area contributed by atoms with E-state index in [0.29, 0.717) is 12.3 Å². The third-order valence-corrected chi connectivity index (χ3v) is 2.11. The highest BCUT2D eigenvalue weighted by molar-refractivity contribution is 5.22. The second kappa shape index (κ2) is 4.51. The molecule has 1 atom stereocenters. The molecule has 2 N–H and O–H groups in total. The highest BCUT2D eigenvalue weighted by atomic mass is 19.2. The van der Waals surface area contributed by atoms with E-state index in [4.69, 9.17) is 5.73 Å². The molecular formula is C11H15F2N. The van der Waals surface area contributed by atoms with E-state index in [9.17, 15) is 8.78 Å². The van der Waals surface area contributed by atoms with Gasteiger partial charge in [0.2, 0.25) is 0 Å². The lowest BCUT2D eigenvalue weighted by atomic mass is 9.97. The Bertz CT molecular complexity index is 310. The SMILES string of the molecule is CC(C)C[C@@H](N)c1cccc(F)c1F. The molecule has 0 unspecified atom stereocenters. The standard InChI is InChI=1S/C11H15F2N/c1-7(2)6-10(14)8-4-3-5-9(12)11(8)13/h3-5,7,10H,6,14H2,1-2H3/t10-/m1/s1. The summed E-state index contributed by atoms with van der Waals surface area (Å²) in [6, 6.07) is 3.69. The van der Waals surface area contributed by atoms with Gasteiger partial charge in [-0.3, -0.25) is 0 Å². The summed E-state index contributed by atoms with van der Waals surface area (Å²) >= 11 is 0. The van der Waals surface area contributed by atoms with Crippen molar-refractivity contribution in [2.45, 2.75) is 26.3 Å². The van der Waals surface area contributed by atoms with Crippen LogP contribution in [0.5, 0.6) is 0 Å². The molecule has 1 rings (SSSR count). The molecule has 0 aliphatic carbocycles. The summed E-state index contributed by atoms with van der Waals surface area (Å²) in [7, 11) is 0. The molecule has 0 heterocycles. The minimum atomic E-state index is -0.832. The van der Waals surface area contributed by atoms with E-state index in [2.05, 4.69) is 0 Å². The van der Waals surface area contributed by atoms with Crippen LogP contribution in [0.15, 0.2) is 18.2 Å². The Balaban J connectivity index is 2.89. The van der Waals surface area contributed by atoms with Gasteiger partial charge < -0.3 is 5.73 Å². The minimum Gasteiger partial charge on any atom is -0.324 e. The van der Waals surface area contributed by atoms with Crippen LogP contribution in [-0.2, 0) is 0 Å². The van der Waals surface area contributed by atoms with Crippen molar-refractivity contribution in [1.29, 1.82) is 0 Å². The van der Waals surface area contributed by atoms with Gasteiger partial charge in [0, 0.05) is 11.6 Å². The molecule has 1 aromatic carbocycles. The smallest absolute Gasteiger partial charge is 0.163 e. The molecule has 78 valence electrons. The molecule has 0 fully saturated rings. The Morgan fingerprint density at radius 2 is 1.93 bits per heavy atom. The first-order valence-electron chi connectivity index (χ1n) is 4.72. The average Bonchev–Trinajstić information content (AvgIpc) is 2.08. The predicted octanol–water partition coefficient (Wildman–Crippen LogP) is 3.01. The van der Waals surface area contributed by atoms with Gasteiger partial charge in [-0.1, -0.05) is 26.0 Å². The zero-order valence-electron chi connectivity index (χ0n) is 8.43. The minimum absolute atomic E-state index is 0.263. The van der Waals surface area contributed by atoms with Crippen LogP contribution >= 0.6 is 0 Å². The lowest BCUT2D eigenvalue weighted by Crippen LogP contribution is -2.15. The van der Waals surface area contributed by atoms with Crippen LogP contribution in [0.4, 0.5) is 8.78 Å². The topological polar surface area (TPSA) is 26.0 Å². The van der Waals surface area contributed by atoms with Gasteiger partial charge in [0.15, 0.2) is 11.6 Å². The largest absolute Gasteiger partial charge is 0.324 e. The monoisotopic (exact) mass is 199 g/mol. The van der Waals surface area contributed by atoms with Crippen molar-refractivity contribution in [2.24, 2.45) is 11.7 Å². The van der Waals surface area contributed by atoms with Crippen molar-refractivity contribution >= 4 is 0 Å². The van der Waals surface area contributed by atoms with Gasteiger partial charge in [-0.25, -0.2) is 8.78 Å². The lowest BCUT2D eigenvalue weighted by Gasteiger charge is -2.15. The van der Waals surface area contributed by atoms with Crippen molar-refractivity contribution in [3.8, 4) is 0 Å². The summed E-state index contributed by atoms with van der Waals surface area (Å²) in [5, 5.41) is 0. The summed E-state index contributed by atoms with van der Waals surface area (Å²) in [6.07, 6.45) is 0.653. The number of rotatable bonds is 3. The average molecular weight is 199 g/mol. The number of hydrogen-bond acceptors (Lipinski definition) is 1. The van der Waals surface area contributed by atoms with E-state index in [1.54, 1.807) is 0 Å². The second-order valence-electron chi connectivity index (χ2n) is 3.88. The van der Waals surface area contributed by atoms with Gasteiger partial charge in [0.1, 0.15) is 0 Å². The molecule has 0 aromatic heterocycles. The number of benzene rings is 1. The molecule has 0 amide bonds. The summed E-state index contributed by atoms with van der Waals surface area (Å²) in [5.41, 5.74) is 6.02. The summed E-state index contributed by atoms with van der Waals surface area (Å²) in [6.45, 7) is 3.99. The third-order valence-electron chi connectivity index (χ3n) is 2.11. The lowest BCUT2D eigenvalue weighted by molar-refractivity contribution is 0.459. The van der Waals surface area contributed by atoms with Crippen molar-refractivity contribution < 1.29 is 8.78 Å². The fourth-order valence-electron chi connectivity index (χ4n) is 1.44. The molecule has 0 aliphatic heterocycles. The van der Waals surface area contributed by atoms with Crippen LogP contribution in [0.1, 0.15) is 31.9 Å². The maximum atomic E-state index is 13.2. The first kappa shape index (κ1) is 11.1. The molecule has 0 saturated carbocycles. The van der Waals surface area contributed by atoms with E-state index in [0.717, 1.165) is 6.07 Å². The fourth-order valence-corrected chi connectivity index (χ4v) is 1.44. The second-order valence-corrected chi connectivity index (χ2v) is 3.88. The van der Waals surface area contributed by atoms with Gasteiger partial charge in [-0.15, -0.1) is 0 Å². The van der Waals surface area contributed by atoms with Crippen LogP contribution in [0.2, 0.25) is 0 Å². The molecule has 0 spiro atoms. The zero-order valence-corrected chi connectivity index (χ0v) is 8.43. The summed E-state index contributed by atoms with van der Waals surface area (Å²) in [5.74, 6) is -1.28. The van der Waals surface area contributed by atoms with E-state index in [1.165, 1.54) is 12.1 Å². The predicted molar refractivity (Wildman–Crippen MR) is 52.7 cm³/mol. The maximum absolute atomic E-state index is 13.2. The highest BCUT2D eigenvalue weighted by Crippen LogP contribution is 2.22. The quantitative estimate of drug-likeness (QED) is 0.795. The van der Waals surface area contributed by atoms with Gasteiger partial charge >= 0.3 is 0 Å². The first-order valence-corrected chi connectivity index (χ1v) is 4.72. The molecule has 3 heteroatoms. The molecule has 0 aliphatic rings. The van der Waals surface area contributed by atoms with Crippen LogP contribution < -0.4 is 5.73 Å².